The van der Waals surface area contributed by atoms with Gasteiger partial charge in [-0.25, -0.2) is 0 Å². The summed E-state index contributed by atoms with van der Waals surface area (Å²) in [5.41, 5.74) is 1.21. The molecule has 0 aliphatic carbocycles. The normalized spacial score (nSPS) is 10.1. The molecule has 1 rings (SSSR count). The maximum Gasteiger partial charge on any atom is 0.119 e. The lowest BCUT2D eigenvalue weighted by molar-refractivity contribution is 0.326. The molecule has 0 bridgehead atoms. The van der Waals surface area contributed by atoms with Crippen molar-refractivity contribution in [1.82, 2.24) is 5.32 Å². The summed E-state index contributed by atoms with van der Waals surface area (Å²) in [5, 5.41) is 3.40. The molecule has 1 aromatic rings. The molecule has 0 saturated carbocycles. The molecular formula is C15H20BrNO. The van der Waals surface area contributed by atoms with Crippen molar-refractivity contribution in [2.75, 3.05) is 6.61 Å². The van der Waals surface area contributed by atoms with E-state index in [1.165, 1.54) is 5.56 Å². The predicted molar refractivity (Wildman–Crippen MR) is 79.7 cm³/mol. The first-order valence-corrected chi connectivity index (χ1v) is 6.97. The monoisotopic (exact) mass is 309 g/mol. The van der Waals surface area contributed by atoms with Gasteiger partial charge in [-0.3, -0.25) is 0 Å². The van der Waals surface area contributed by atoms with Crippen LogP contribution in [0.1, 0.15) is 32.8 Å². The van der Waals surface area contributed by atoms with E-state index in [0.29, 0.717) is 12.6 Å². The van der Waals surface area contributed by atoms with Gasteiger partial charge >= 0.3 is 0 Å². The molecule has 0 atom stereocenters. The Morgan fingerprint density at radius 3 is 2.83 bits per heavy atom. The lowest BCUT2D eigenvalue weighted by Crippen LogP contribution is -2.22. The lowest BCUT2D eigenvalue weighted by Gasteiger charge is -2.12. The second kappa shape index (κ2) is 8.18. The first-order valence-electron chi connectivity index (χ1n) is 6.17. The third-order valence-corrected chi connectivity index (χ3v) is 3.16. The Labute approximate surface area is 118 Å². The Bertz CT molecular complexity index is 432. The van der Waals surface area contributed by atoms with E-state index in [4.69, 9.17) is 4.74 Å². The fourth-order valence-electron chi connectivity index (χ4n) is 1.44. The minimum Gasteiger partial charge on any atom is -0.493 e. The molecule has 0 aliphatic rings. The number of ether oxygens (including phenoxy) is 1. The molecule has 0 saturated heterocycles. The summed E-state index contributed by atoms with van der Waals surface area (Å²) in [6, 6.07) is 6.54. The topological polar surface area (TPSA) is 21.3 Å². The van der Waals surface area contributed by atoms with Crippen LogP contribution in [0, 0.1) is 11.8 Å². The average Bonchev–Trinajstić information content (AvgIpc) is 2.34. The van der Waals surface area contributed by atoms with E-state index in [9.17, 15) is 0 Å². The van der Waals surface area contributed by atoms with Gasteiger partial charge in [0.2, 0.25) is 0 Å². The molecule has 0 unspecified atom stereocenters. The Morgan fingerprint density at radius 1 is 1.39 bits per heavy atom. The highest BCUT2D eigenvalue weighted by molar-refractivity contribution is 9.10. The van der Waals surface area contributed by atoms with Gasteiger partial charge in [0, 0.05) is 23.5 Å². The largest absolute Gasteiger partial charge is 0.493 e. The summed E-state index contributed by atoms with van der Waals surface area (Å²) in [6.45, 7) is 7.59. The van der Waals surface area contributed by atoms with Crippen LogP contribution in [0.5, 0.6) is 5.75 Å². The maximum absolute atomic E-state index is 5.66. The molecule has 18 heavy (non-hydrogen) atoms. The Balaban J connectivity index is 2.58. The molecule has 2 nitrogen and oxygen atoms in total. The predicted octanol–water partition coefficient (Wildman–Crippen LogP) is 3.74. The number of benzene rings is 1. The average molecular weight is 310 g/mol. The highest BCUT2D eigenvalue weighted by Crippen LogP contribution is 2.22. The van der Waals surface area contributed by atoms with Crippen molar-refractivity contribution in [2.24, 2.45) is 0 Å². The van der Waals surface area contributed by atoms with Gasteiger partial charge in [0.1, 0.15) is 5.75 Å². The molecule has 98 valence electrons. The minimum absolute atomic E-state index is 0.473. The van der Waals surface area contributed by atoms with Crippen LogP contribution in [0.2, 0.25) is 0 Å². The van der Waals surface area contributed by atoms with E-state index in [1.807, 2.05) is 19.1 Å². The van der Waals surface area contributed by atoms with Crippen LogP contribution in [0.25, 0.3) is 0 Å². The third kappa shape index (κ3) is 5.57. The van der Waals surface area contributed by atoms with Crippen molar-refractivity contribution >= 4 is 15.9 Å². The van der Waals surface area contributed by atoms with Crippen molar-refractivity contribution in [3.63, 3.8) is 0 Å². The summed E-state index contributed by atoms with van der Waals surface area (Å²) in [4.78, 5) is 0. The van der Waals surface area contributed by atoms with Gasteiger partial charge in [0.15, 0.2) is 0 Å². The second-order valence-corrected chi connectivity index (χ2v) is 5.17. The highest BCUT2D eigenvalue weighted by atomic mass is 79.9. The summed E-state index contributed by atoms with van der Waals surface area (Å²) in [7, 11) is 0. The molecule has 0 spiro atoms. The van der Waals surface area contributed by atoms with Gasteiger partial charge in [-0.05, 0) is 30.7 Å². The fraction of sp³-hybridized carbons (Fsp3) is 0.467. The molecule has 0 aromatic heterocycles. The Kier molecular flexibility index (Phi) is 6.85. The molecule has 0 amide bonds. The van der Waals surface area contributed by atoms with Crippen LogP contribution in [0.15, 0.2) is 22.7 Å². The van der Waals surface area contributed by atoms with Crippen molar-refractivity contribution in [2.45, 2.75) is 39.8 Å². The minimum atomic E-state index is 0.473. The van der Waals surface area contributed by atoms with E-state index in [-0.39, 0.29) is 0 Å². The number of hydrogen-bond acceptors (Lipinski definition) is 2. The Hall–Kier alpha value is -0.980. The van der Waals surface area contributed by atoms with Crippen LogP contribution >= 0.6 is 15.9 Å². The maximum atomic E-state index is 5.66. The number of nitrogens with one attached hydrogen (secondary N) is 1. The van der Waals surface area contributed by atoms with E-state index >= 15 is 0 Å². The van der Waals surface area contributed by atoms with E-state index in [2.05, 4.69) is 53.0 Å². The Morgan fingerprint density at radius 2 is 2.17 bits per heavy atom. The van der Waals surface area contributed by atoms with Crippen LogP contribution < -0.4 is 10.1 Å². The van der Waals surface area contributed by atoms with E-state index in [1.54, 1.807) is 0 Å². The quantitative estimate of drug-likeness (QED) is 0.638. The molecular weight excluding hydrogens is 290 g/mol. The lowest BCUT2D eigenvalue weighted by atomic mass is 10.2. The third-order valence-electron chi connectivity index (χ3n) is 2.39. The molecule has 0 radical (unpaired) electrons. The summed E-state index contributed by atoms with van der Waals surface area (Å²) in [5.74, 6) is 6.75. The van der Waals surface area contributed by atoms with Crippen molar-refractivity contribution in [1.29, 1.82) is 0 Å². The molecule has 1 aromatic carbocycles. The first-order chi connectivity index (χ1) is 8.63. The molecule has 0 heterocycles. The summed E-state index contributed by atoms with van der Waals surface area (Å²) in [6.07, 6.45) is 0.770. The van der Waals surface area contributed by atoms with Crippen LogP contribution in [-0.4, -0.2) is 12.6 Å². The number of hydrogen-bond donors (Lipinski definition) is 1. The van der Waals surface area contributed by atoms with Crippen molar-refractivity contribution in [3.8, 4) is 17.6 Å². The SMILES string of the molecule is CC#CCCOc1ccc(Br)c(CNC(C)C)c1. The zero-order chi connectivity index (χ0) is 13.4. The van der Waals surface area contributed by atoms with Crippen LogP contribution in [0.4, 0.5) is 0 Å². The fourth-order valence-corrected chi connectivity index (χ4v) is 1.82. The smallest absolute Gasteiger partial charge is 0.119 e. The van der Waals surface area contributed by atoms with Gasteiger partial charge in [-0.2, -0.15) is 0 Å². The van der Waals surface area contributed by atoms with Crippen LogP contribution in [0.3, 0.4) is 0 Å². The zero-order valence-electron chi connectivity index (χ0n) is 11.2. The van der Waals surface area contributed by atoms with Gasteiger partial charge in [0.25, 0.3) is 0 Å². The van der Waals surface area contributed by atoms with Gasteiger partial charge < -0.3 is 10.1 Å². The second-order valence-electron chi connectivity index (χ2n) is 4.31. The molecule has 0 aliphatic heterocycles. The van der Waals surface area contributed by atoms with Gasteiger partial charge in [0.05, 0.1) is 6.61 Å². The highest BCUT2D eigenvalue weighted by Gasteiger charge is 2.03. The number of rotatable bonds is 6. The molecule has 1 N–H and O–H groups in total. The molecule has 0 fully saturated rings. The van der Waals surface area contributed by atoms with Crippen LogP contribution in [-0.2, 0) is 6.54 Å². The number of halogens is 1. The van der Waals surface area contributed by atoms with E-state index < -0.39 is 0 Å². The molecule has 3 heteroatoms. The van der Waals surface area contributed by atoms with Crippen molar-refractivity contribution < 1.29 is 4.74 Å². The first kappa shape index (κ1) is 15.1. The van der Waals surface area contributed by atoms with Gasteiger partial charge in [-0.1, -0.05) is 29.8 Å². The van der Waals surface area contributed by atoms with Crippen molar-refractivity contribution in [3.05, 3.63) is 28.2 Å². The van der Waals surface area contributed by atoms with E-state index in [0.717, 1.165) is 23.2 Å². The summed E-state index contributed by atoms with van der Waals surface area (Å²) >= 11 is 3.56. The standard InChI is InChI=1S/C15H20BrNO/c1-4-5-6-9-18-14-7-8-15(16)13(10-14)11-17-12(2)3/h7-8,10,12,17H,6,9,11H2,1-3H3. The van der Waals surface area contributed by atoms with Gasteiger partial charge in [-0.15, -0.1) is 11.8 Å². The summed E-state index contributed by atoms with van der Waals surface area (Å²) < 4.78 is 6.77. The zero-order valence-corrected chi connectivity index (χ0v) is 12.8.